The number of benzene rings is 4. The number of hydrogen-bond donors (Lipinski definition) is 1. The molecule has 0 radical (unpaired) electrons. The minimum Gasteiger partial charge on any atom is -0.496 e. The molecule has 1 heterocycles. The summed E-state index contributed by atoms with van der Waals surface area (Å²) in [6, 6.07) is 30.6. The number of methoxy groups -OCH3 is 1. The molecule has 10 heteroatoms. The van der Waals surface area contributed by atoms with Crippen LogP contribution in [-0.4, -0.2) is 38.7 Å². The van der Waals surface area contributed by atoms with Gasteiger partial charge in [0, 0.05) is 24.1 Å². The van der Waals surface area contributed by atoms with E-state index in [1.165, 1.54) is 18.5 Å². The van der Waals surface area contributed by atoms with Gasteiger partial charge in [-0.1, -0.05) is 70.5 Å². The second-order valence-electron chi connectivity index (χ2n) is 10.4. The number of carbonyl (C=O) groups is 2. The lowest BCUT2D eigenvalue weighted by atomic mass is 10.1. The molecule has 0 atom stereocenters. The van der Waals surface area contributed by atoms with E-state index in [9.17, 15) is 9.59 Å². The Balaban J connectivity index is 0.00000461. The van der Waals surface area contributed by atoms with Crippen LogP contribution in [0.5, 0.6) is 11.5 Å². The largest absolute Gasteiger partial charge is 0.496 e. The molecule has 0 saturated carbocycles. The molecule has 1 aliphatic rings. The molecule has 0 spiro atoms. The summed E-state index contributed by atoms with van der Waals surface area (Å²) in [6.07, 6.45) is 3.39. The number of anilines is 2. The predicted molar refractivity (Wildman–Crippen MR) is 182 cm³/mol. The summed E-state index contributed by atoms with van der Waals surface area (Å²) in [6.45, 7) is 2.23. The van der Waals surface area contributed by atoms with Crippen LogP contribution >= 0.6 is 28.3 Å². The van der Waals surface area contributed by atoms with Crippen LogP contribution in [0.2, 0.25) is 0 Å². The molecule has 0 unspecified atom stereocenters. The van der Waals surface area contributed by atoms with E-state index >= 15 is 0 Å². The van der Waals surface area contributed by atoms with Gasteiger partial charge < -0.3 is 19.1 Å². The van der Waals surface area contributed by atoms with E-state index in [0.29, 0.717) is 29.1 Å². The van der Waals surface area contributed by atoms with E-state index in [1.54, 1.807) is 18.2 Å². The van der Waals surface area contributed by atoms with Gasteiger partial charge in [-0.15, -0.1) is 12.4 Å². The highest BCUT2D eigenvalue weighted by Crippen LogP contribution is 2.31. The quantitative estimate of drug-likeness (QED) is 0.123. The number of amides is 1. The first-order valence-electron chi connectivity index (χ1n) is 14.7. The zero-order chi connectivity index (χ0) is 30.7. The van der Waals surface area contributed by atoms with Gasteiger partial charge in [0.05, 0.1) is 18.5 Å². The van der Waals surface area contributed by atoms with E-state index in [0.717, 1.165) is 48.5 Å². The summed E-state index contributed by atoms with van der Waals surface area (Å²) in [5.74, 6) is 0.0783. The Morgan fingerprint density at radius 3 is 2.31 bits per heavy atom. The first-order chi connectivity index (χ1) is 21.5. The van der Waals surface area contributed by atoms with E-state index in [2.05, 4.69) is 26.3 Å². The van der Waals surface area contributed by atoms with Crippen molar-refractivity contribution < 1.29 is 23.8 Å². The highest BCUT2D eigenvalue weighted by atomic mass is 79.9. The molecule has 1 saturated heterocycles. The number of nitrogens with zero attached hydrogens (tertiary/aromatic N) is 2. The van der Waals surface area contributed by atoms with Crippen LogP contribution in [0, 0.1) is 0 Å². The third-order valence-corrected chi connectivity index (χ3v) is 7.88. The van der Waals surface area contributed by atoms with Crippen molar-refractivity contribution in [2.75, 3.05) is 36.7 Å². The van der Waals surface area contributed by atoms with Crippen LogP contribution in [0.25, 0.3) is 0 Å². The third kappa shape index (κ3) is 9.23. The van der Waals surface area contributed by atoms with Gasteiger partial charge in [0.2, 0.25) is 0 Å². The number of carbonyl (C=O) groups excluding carboxylic acids is 2. The van der Waals surface area contributed by atoms with Crippen molar-refractivity contribution in [1.82, 2.24) is 5.43 Å². The maximum atomic E-state index is 13.7. The highest BCUT2D eigenvalue weighted by molar-refractivity contribution is 9.10. The molecular weight excluding hydrogens is 658 g/mol. The van der Waals surface area contributed by atoms with Gasteiger partial charge in [0.25, 0.3) is 5.91 Å². The molecule has 0 bridgehead atoms. The van der Waals surface area contributed by atoms with Gasteiger partial charge >= 0.3 is 5.97 Å². The van der Waals surface area contributed by atoms with E-state index < -0.39 is 18.5 Å². The molecule has 0 aromatic heterocycles. The van der Waals surface area contributed by atoms with Crippen molar-refractivity contribution in [3.05, 3.63) is 118 Å². The van der Waals surface area contributed by atoms with Gasteiger partial charge in [-0.25, -0.2) is 15.2 Å². The van der Waals surface area contributed by atoms with E-state index in [1.807, 2.05) is 78.9 Å². The molecule has 1 N–H and O–H groups in total. The molecule has 236 valence electrons. The van der Waals surface area contributed by atoms with Gasteiger partial charge in [-0.05, 0) is 72.9 Å². The first kappa shape index (κ1) is 33.8. The van der Waals surface area contributed by atoms with Crippen molar-refractivity contribution in [3.63, 3.8) is 0 Å². The first-order valence-corrected chi connectivity index (χ1v) is 15.5. The lowest BCUT2D eigenvalue weighted by Crippen LogP contribution is -2.46. The topological polar surface area (TPSA) is 80.3 Å². The minimum absolute atomic E-state index is 0. The minimum atomic E-state index is -0.646. The molecule has 0 aliphatic carbocycles. The SMILES string of the molecule is COc1ccc(Br)cc1C(=O)OCC(=O)N(NCc1ccc(OCc2ccccc2)cc1)c1ccccc1N1CCCCC1.Cl. The number of ether oxygens (including phenoxy) is 3. The Morgan fingerprint density at radius 2 is 1.58 bits per heavy atom. The number of hydrogen-bond acceptors (Lipinski definition) is 7. The molecule has 8 nitrogen and oxygen atoms in total. The van der Waals surface area contributed by atoms with Gasteiger partial charge in [-0.3, -0.25) is 4.79 Å². The van der Waals surface area contributed by atoms with Crippen LogP contribution in [0.3, 0.4) is 0 Å². The van der Waals surface area contributed by atoms with Crippen LogP contribution in [0.4, 0.5) is 11.4 Å². The molecule has 1 aliphatic heterocycles. The fourth-order valence-corrected chi connectivity index (χ4v) is 5.45. The van der Waals surface area contributed by atoms with Gasteiger partial charge in [0.1, 0.15) is 23.7 Å². The monoisotopic (exact) mass is 693 g/mol. The Hall–Kier alpha value is -4.05. The van der Waals surface area contributed by atoms with Gasteiger partial charge in [-0.2, -0.15) is 0 Å². The van der Waals surface area contributed by atoms with Crippen molar-refractivity contribution in [3.8, 4) is 11.5 Å². The molecule has 1 fully saturated rings. The Morgan fingerprint density at radius 1 is 0.867 bits per heavy atom. The van der Waals surface area contributed by atoms with Crippen molar-refractivity contribution in [2.45, 2.75) is 32.4 Å². The Labute approximate surface area is 278 Å². The number of halogens is 2. The number of esters is 1. The Bertz CT molecular complexity index is 1550. The van der Waals surface area contributed by atoms with Crippen LogP contribution in [0.15, 0.2) is 102 Å². The van der Waals surface area contributed by atoms with Crippen molar-refractivity contribution >= 4 is 51.6 Å². The fourth-order valence-electron chi connectivity index (χ4n) is 5.09. The smallest absolute Gasteiger partial charge is 0.342 e. The van der Waals surface area contributed by atoms with Crippen molar-refractivity contribution in [1.29, 1.82) is 0 Å². The summed E-state index contributed by atoms with van der Waals surface area (Å²) in [5.41, 5.74) is 7.25. The van der Waals surface area contributed by atoms with Crippen LogP contribution < -0.4 is 24.8 Å². The molecule has 45 heavy (non-hydrogen) atoms. The second-order valence-corrected chi connectivity index (χ2v) is 11.4. The lowest BCUT2D eigenvalue weighted by molar-refractivity contribution is -0.122. The summed E-state index contributed by atoms with van der Waals surface area (Å²) in [4.78, 5) is 29.0. The van der Waals surface area contributed by atoms with Crippen molar-refractivity contribution in [2.24, 2.45) is 0 Å². The standard InChI is InChI=1S/C35H36BrN3O5.ClH/c1-42-33-19-16-28(36)22-30(33)35(41)44-25-34(40)39(32-13-7-6-12-31(32)38-20-8-3-9-21-38)37-23-26-14-17-29(18-15-26)43-24-27-10-4-2-5-11-27;/h2,4-7,10-19,22,37H,3,8-9,20-21,23-25H2,1H3;1H. The molecule has 5 rings (SSSR count). The summed E-state index contributed by atoms with van der Waals surface area (Å²) < 4.78 is 17.5. The molecule has 1 amide bonds. The zero-order valence-corrected chi connectivity index (χ0v) is 27.5. The lowest BCUT2D eigenvalue weighted by Gasteiger charge is -2.33. The summed E-state index contributed by atoms with van der Waals surface area (Å²) >= 11 is 3.38. The molecule has 4 aromatic rings. The van der Waals surface area contributed by atoms with E-state index in [-0.39, 0.29) is 18.0 Å². The predicted octanol–water partition coefficient (Wildman–Crippen LogP) is 7.34. The molecular formula is C35H37BrClN3O5. The second kappa shape index (κ2) is 16.9. The van der Waals surface area contributed by atoms with Crippen LogP contribution in [0.1, 0.15) is 40.7 Å². The van der Waals surface area contributed by atoms with Crippen LogP contribution in [-0.2, 0) is 22.7 Å². The summed E-state index contributed by atoms with van der Waals surface area (Å²) in [7, 11) is 1.48. The Kier molecular flexibility index (Phi) is 12.7. The number of nitrogens with one attached hydrogen (secondary N) is 1. The normalized spacial score (nSPS) is 12.5. The zero-order valence-electron chi connectivity index (χ0n) is 25.1. The average molecular weight is 695 g/mol. The van der Waals surface area contributed by atoms with E-state index in [4.69, 9.17) is 14.2 Å². The number of piperidine rings is 1. The number of para-hydroxylation sites is 2. The fraction of sp³-hybridized carbons (Fsp3) is 0.257. The summed E-state index contributed by atoms with van der Waals surface area (Å²) in [5, 5.41) is 1.50. The highest BCUT2D eigenvalue weighted by Gasteiger charge is 2.24. The number of rotatable bonds is 12. The maximum absolute atomic E-state index is 13.7. The molecule has 4 aromatic carbocycles. The number of hydrazine groups is 1. The maximum Gasteiger partial charge on any atom is 0.342 e. The van der Waals surface area contributed by atoms with Gasteiger partial charge in [0.15, 0.2) is 6.61 Å². The average Bonchev–Trinajstić information content (AvgIpc) is 3.08. The third-order valence-electron chi connectivity index (χ3n) is 7.39.